The van der Waals surface area contributed by atoms with Crippen molar-refractivity contribution in [1.29, 1.82) is 0 Å². The Morgan fingerprint density at radius 3 is 2.30 bits per heavy atom. The van der Waals surface area contributed by atoms with Crippen molar-refractivity contribution in [2.24, 2.45) is 0 Å². The van der Waals surface area contributed by atoms with Crippen LogP contribution in [0.4, 0.5) is 17.3 Å². The van der Waals surface area contributed by atoms with Gasteiger partial charge in [0.15, 0.2) is 0 Å². The lowest BCUT2D eigenvalue weighted by atomic mass is 10.2. The molecule has 0 unspecified atom stereocenters. The van der Waals surface area contributed by atoms with Gasteiger partial charge in [0, 0.05) is 28.3 Å². The van der Waals surface area contributed by atoms with Crippen LogP contribution in [-0.4, -0.2) is 22.5 Å². The normalized spacial score (nSPS) is 10.3. The van der Waals surface area contributed by atoms with Gasteiger partial charge in [-0.2, -0.15) is 0 Å². The van der Waals surface area contributed by atoms with Gasteiger partial charge in [-0.1, -0.05) is 6.07 Å². The average molecular weight is 362 g/mol. The summed E-state index contributed by atoms with van der Waals surface area (Å²) in [6, 6.07) is 16.4. The second-order valence-corrected chi connectivity index (χ2v) is 6.09. The number of nitrogens with zero attached hydrogens (tertiary/aromatic N) is 2. The fourth-order valence-electron chi connectivity index (χ4n) is 2.64. The van der Waals surface area contributed by atoms with Gasteiger partial charge < -0.3 is 15.4 Å². The monoisotopic (exact) mass is 362 g/mol. The van der Waals surface area contributed by atoms with Crippen molar-refractivity contribution in [2.45, 2.75) is 20.8 Å². The van der Waals surface area contributed by atoms with E-state index in [-0.39, 0.29) is 5.91 Å². The molecule has 0 spiro atoms. The highest BCUT2D eigenvalue weighted by molar-refractivity contribution is 6.04. The summed E-state index contributed by atoms with van der Waals surface area (Å²) in [4.78, 5) is 21.1. The molecule has 2 aromatic carbocycles. The van der Waals surface area contributed by atoms with Gasteiger partial charge in [-0.3, -0.25) is 4.79 Å². The summed E-state index contributed by atoms with van der Waals surface area (Å²) in [5.74, 6) is 1.05. The second-order valence-electron chi connectivity index (χ2n) is 6.09. The molecule has 1 amide bonds. The lowest BCUT2D eigenvalue weighted by Crippen LogP contribution is -2.12. The number of amides is 1. The van der Waals surface area contributed by atoms with Gasteiger partial charge >= 0.3 is 0 Å². The van der Waals surface area contributed by atoms with Crippen LogP contribution in [0.5, 0.6) is 5.75 Å². The number of hydrogen-bond donors (Lipinski definition) is 2. The number of aryl methyl sites for hydroxylation is 2. The molecule has 0 radical (unpaired) electrons. The Morgan fingerprint density at radius 2 is 1.63 bits per heavy atom. The summed E-state index contributed by atoms with van der Waals surface area (Å²) < 4.78 is 5.44. The van der Waals surface area contributed by atoms with E-state index >= 15 is 0 Å². The molecule has 0 saturated heterocycles. The predicted octanol–water partition coefficient (Wildman–Crippen LogP) is 4.49. The molecule has 0 aliphatic heterocycles. The summed E-state index contributed by atoms with van der Waals surface area (Å²) >= 11 is 0. The number of carbonyl (C=O) groups excluding carboxylic acids is 1. The van der Waals surface area contributed by atoms with E-state index in [1.54, 1.807) is 18.2 Å². The van der Waals surface area contributed by atoms with Crippen LogP contribution in [-0.2, 0) is 0 Å². The van der Waals surface area contributed by atoms with Crippen molar-refractivity contribution in [2.75, 3.05) is 17.2 Å². The molecule has 3 aromatic rings. The van der Waals surface area contributed by atoms with Crippen molar-refractivity contribution in [1.82, 2.24) is 9.97 Å². The summed E-state index contributed by atoms with van der Waals surface area (Å²) in [6.45, 7) is 6.33. The van der Waals surface area contributed by atoms with Crippen LogP contribution in [0.1, 0.15) is 28.7 Å². The molecule has 2 N–H and O–H groups in total. The largest absolute Gasteiger partial charge is 0.494 e. The number of aromatic nitrogens is 2. The Labute approximate surface area is 158 Å². The maximum Gasteiger partial charge on any atom is 0.255 e. The minimum atomic E-state index is -0.185. The van der Waals surface area contributed by atoms with Crippen LogP contribution in [0.15, 0.2) is 54.6 Å². The summed E-state index contributed by atoms with van der Waals surface area (Å²) in [6.07, 6.45) is 0. The van der Waals surface area contributed by atoms with Crippen LogP contribution < -0.4 is 15.4 Å². The average Bonchev–Trinajstić information content (AvgIpc) is 2.63. The van der Waals surface area contributed by atoms with Gasteiger partial charge in [0.25, 0.3) is 5.91 Å². The van der Waals surface area contributed by atoms with E-state index in [0.29, 0.717) is 29.6 Å². The lowest BCUT2D eigenvalue weighted by molar-refractivity contribution is 0.102. The number of anilines is 3. The summed E-state index contributed by atoms with van der Waals surface area (Å²) in [5, 5.41) is 6.05. The Morgan fingerprint density at radius 1 is 0.963 bits per heavy atom. The highest BCUT2D eigenvalue weighted by atomic mass is 16.5. The van der Waals surface area contributed by atoms with Gasteiger partial charge in [-0.05, 0) is 69.3 Å². The summed E-state index contributed by atoms with van der Waals surface area (Å²) in [5.41, 5.74) is 3.91. The zero-order valence-corrected chi connectivity index (χ0v) is 15.6. The molecule has 1 aromatic heterocycles. The first-order valence-corrected chi connectivity index (χ1v) is 8.77. The van der Waals surface area contributed by atoms with E-state index in [9.17, 15) is 4.79 Å². The third-order valence-corrected chi connectivity index (χ3v) is 3.79. The Balaban J connectivity index is 1.66. The van der Waals surface area contributed by atoms with Crippen molar-refractivity contribution in [3.63, 3.8) is 0 Å². The zero-order chi connectivity index (χ0) is 19.2. The number of ether oxygens (including phenoxy) is 1. The predicted molar refractivity (Wildman–Crippen MR) is 107 cm³/mol. The van der Waals surface area contributed by atoms with Crippen LogP contribution in [0, 0.1) is 13.8 Å². The Hall–Kier alpha value is -3.41. The molecule has 3 rings (SSSR count). The molecular formula is C21H22N4O2. The van der Waals surface area contributed by atoms with Gasteiger partial charge in [0.05, 0.1) is 6.61 Å². The molecule has 6 heteroatoms. The Bertz CT molecular complexity index is 919. The molecule has 138 valence electrons. The van der Waals surface area contributed by atoms with Crippen LogP contribution in [0.2, 0.25) is 0 Å². The number of hydrogen-bond acceptors (Lipinski definition) is 5. The molecule has 0 fully saturated rings. The van der Waals surface area contributed by atoms with E-state index in [1.807, 2.05) is 57.2 Å². The SMILES string of the molecule is CCOc1cccc(C(=O)Nc2ccc(Nc3nc(C)cc(C)n3)cc2)c1. The van der Waals surface area contributed by atoms with Gasteiger partial charge in [0.2, 0.25) is 5.95 Å². The molecule has 0 aliphatic rings. The molecule has 6 nitrogen and oxygen atoms in total. The molecule has 0 saturated carbocycles. The van der Waals surface area contributed by atoms with Crippen molar-refractivity contribution < 1.29 is 9.53 Å². The molecule has 27 heavy (non-hydrogen) atoms. The smallest absolute Gasteiger partial charge is 0.255 e. The van der Waals surface area contributed by atoms with Crippen LogP contribution in [0.3, 0.4) is 0 Å². The van der Waals surface area contributed by atoms with Gasteiger partial charge in [-0.15, -0.1) is 0 Å². The zero-order valence-electron chi connectivity index (χ0n) is 15.6. The maximum absolute atomic E-state index is 12.4. The lowest BCUT2D eigenvalue weighted by Gasteiger charge is -2.09. The van der Waals surface area contributed by atoms with Crippen LogP contribution in [0.25, 0.3) is 0 Å². The molecule has 0 aliphatic carbocycles. The maximum atomic E-state index is 12.4. The first kappa shape index (κ1) is 18.4. The first-order chi connectivity index (χ1) is 13.0. The Kier molecular flexibility index (Phi) is 5.66. The fourth-order valence-corrected chi connectivity index (χ4v) is 2.64. The van der Waals surface area contributed by atoms with Gasteiger partial charge in [-0.25, -0.2) is 9.97 Å². The first-order valence-electron chi connectivity index (χ1n) is 8.77. The van der Waals surface area contributed by atoms with E-state index in [2.05, 4.69) is 20.6 Å². The second kappa shape index (κ2) is 8.31. The molecular weight excluding hydrogens is 340 g/mol. The molecule has 1 heterocycles. The van der Waals surface area contributed by atoms with E-state index in [0.717, 1.165) is 17.1 Å². The number of rotatable bonds is 6. The van der Waals surface area contributed by atoms with Crippen molar-refractivity contribution >= 4 is 23.2 Å². The fraction of sp³-hybridized carbons (Fsp3) is 0.190. The quantitative estimate of drug-likeness (QED) is 0.676. The highest BCUT2D eigenvalue weighted by Gasteiger charge is 2.08. The van der Waals surface area contributed by atoms with E-state index in [4.69, 9.17) is 4.74 Å². The number of carbonyl (C=O) groups is 1. The molecule has 0 atom stereocenters. The number of benzene rings is 2. The third-order valence-electron chi connectivity index (χ3n) is 3.79. The highest BCUT2D eigenvalue weighted by Crippen LogP contribution is 2.19. The topological polar surface area (TPSA) is 76.1 Å². The minimum absolute atomic E-state index is 0.185. The molecule has 0 bridgehead atoms. The van der Waals surface area contributed by atoms with Gasteiger partial charge in [0.1, 0.15) is 5.75 Å². The van der Waals surface area contributed by atoms with Crippen LogP contribution >= 0.6 is 0 Å². The third kappa shape index (κ3) is 5.04. The van der Waals surface area contributed by atoms with Crippen molar-refractivity contribution in [3.8, 4) is 5.75 Å². The van der Waals surface area contributed by atoms with E-state index < -0.39 is 0 Å². The standard InChI is InChI=1S/C21H22N4O2/c1-4-27-19-7-5-6-16(13-19)20(26)24-17-8-10-18(11-9-17)25-21-22-14(2)12-15(3)23-21/h5-13H,4H2,1-3H3,(H,24,26)(H,22,23,25). The van der Waals surface area contributed by atoms with Crippen molar-refractivity contribution in [3.05, 3.63) is 71.5 Å². The van der Waals surface area contributed by atoms with E-state index in [1.165, 1.54) is 0 Å². The summed E-state index contributed by atoms with van der Waals surface area (Å²) in [7, 11) is 0. The number of nitrogens with one attached hydrogen (secondary N) is 2. The minimum Gasteiger partial charge on any atom is -0.494 e.